The molecule has 0 spiro atoms. The molecular formula is C12H12ClFN2O. The molecule has 1 saturated heterocycles. The molecule has 17 heavy (non-hydrogen) atoms. The number of hydrogen-bond acceptors (Lipinski definition) is 3. The number of alkyl halides is 1. The van der Waals surface area contributed by atoms with Crippen molar-refractivity contribution in [1.29, 1.82) is 0 Å². The summed E-state index contributed by atoms with van der Waals surface area (Å²) in [4.78, 5) is 2.16. The number of nitrogens with zero attached hydrogens (tertiary/aromatic N) is 2. The predicted molar refractivity (Wildman–Crippen MR) is 63.8 cm³/mol. The van der Waals surface area contributed by atoms with Gasteiger partial charge >= 0.3 is 0 Å². The minimum atomic E-state index is -0.234. The Kier molecular flexibility index (Phi) is 2.76. The third kappa shape index (κ3) is 2.03. The van der Waals surface area contributed by atoms with E-state index in [4.69, 9.17) is 16.1 Å². The molecule has 0 saturated carbocycles. The lowest BCUT2D eigenvalue weighted by Gasteiger charge is -2.37. The van der Waals surface area contributed by atoms with Gasteiger partial charge in [-0.25, -0.2) is 0 Å². The van der Waals surface area contributed by atoms with E-state index in [-0.39, 0.29) is 12.6 Å². The summed E-state index contributed by atoms with van der Waals surface area (Å²) in [7, 11) is 0. The number of likely N-dealkylation sites (tertiary alicyclic amines) is 1. The van der Waals surface area contributed by atoms with E-state index in [1.54, 1.807) is 6.07 Å². The smallest absolute Gasteiger partial charge is 0.167 e. The van der Waals surface area contributed by atoms with Crippen LogP contribution in [0.1, 0.15) is 5.69 Å². The van der Waals surface area contributed by atoms with Gasteiger partial charge < -0.3 is 4.52 Å². The number of hydrogen-bond donors (Lipinski definition) is 0. The van der Waals surface area contributed by atoms with E-state index < -0.39 is 0 Å². The van der Waals surface area contributed by atoms with Gasteiger partial charge in [-0.1, -0.05) is 16.8 Å². The number of aromatic nitrogens is 1. The second-order valence-electron chi connectivity index (χ2n) is 4.48. The summed E-state index contributed by atoms with van der Waals surface area (Å²) in [6.07, 6.45) is 0. The van der Waals surface area contributed by atoms with Crippen LogP contribution in [0.2, 0.25) is 5.02 Å². The monoisotopic (exact) mass is 254 g/mol. The number of halogens is 2. The van der Waals surface area contributed by atoms with E-state index in [9.17, 15) is 4.39 Å². The maximum Gasteiger partial charge on any atom is 0.167 e. The van der Waals surface area contributed by atoms with Crippen LogP contribution in [0.5, 0.6) is 0 Å². The lowest BCUT2D eigenvalue weighted by molar-refractivity contribution is 0.0720. The first-order chi connectivity index (χ1) is 8.26. The summed E-state index contributed by atoms with van der Waals surface area (Å²) in [5, 5.41) is 5.66. The molecule has 3 rings (SSSR count). The predicted octanol–water partition coefficient (Wildman–Crippen LogP) is 2.88. The summed E-state index contributed by atoms with van der Waals surface area (Å²) >= 11 is 5.94. The second kappa shape index (κ2) is 4.27. The van der Waals surface area contributed by atoms with Gasteiger partial charge in [0.2, 0.25) is 0 Å². The van der Waals surface area contributed by atoms with Crippen LogP contribution >= 0.6 is 11.6 Å². The Hall–Kier alpha value is -1.13. The van der Waals surface area contributed by atoms with Crippen molar-refractivity contribution in [3.63, 3.8) is 0 Å². The molecule has 5 heteroatoms. The van der Waals surface area contributed by atoms with Gasteiger partial charge in [0.1, 0.15) is 5.69 Å². The Morgan fingerprint density at radius 2 is 2.29 bits per heavy atom. The molecular weight excluding hydrogens is 243 g/mol. The minimum Gasteiger partial charge on any atom is -0.356 e. The highest BCUT2D eigenvalue weighted by Crippen LogP contribution is 2.25. The van der Waals surface area contributed by atoms with E-state index in [0.29, 0.717) is 11.6 Å². The molecule has 1 fully saturated rings. The average molecular weight is 255 g/mol. The molecule has 0 amide bonds. The SMILES string of the molecule is FCC1CN(Cc2noc3ccc(Cl)cc23)C1. The summed E-state index contributed by atoms with van der Waals surface area (Å²) in [5.74, 6) is 0.191. The average Bonchev–Trinajstić information content (AvgIpc) is 2.65. The zero-order chi connectivity index (χ0) is 11.8. The fourth-order valence-electron chi connectivity index (χ4n) is 2.19. The van der Waals surface area contributed by atoms with Crippen LogP contribution in [0, 0.1) is 5.92 Å². The fraction of sp³-hybridized carbons (Fsp3) is 0.417. The molecule has 1 aromatic heterocycles. The Bertz CT molecular complexity index is 536. The first-order valence-corrected chi connectivity index (χ1v) is 5.96. The summed E-state index contributed by atoms with van der Waals surface area (Å²) in [5.41, 5.74) is 1.62. The van der Waals surface area contributed by atoms with Gasteiger partial charge in [0.05, 0.1) is 6.67 Å². The highest BCUT2D eigenvalue weighted by molar-refractivity contribution is 6.31. The van der Waals surface area contributed by atoms with Crippen molar-refractivity contribution >= 4 is 22.6 Å². The number of fused-ring (bicyclic) bond motifs is 1. The van der Waals surface area contributed by atoms with Crippen LogP contribution in [0.4, 0.5) is 4.39 Å². The lowest BCUT2D eigenvalue weighted by Crippen LogP contribution is -2.46. The summed E-state index contributed by atoms with van der Waals surface area (Å²) in [6, 6.07) is 5.45. The van der Waals surface area contributed by atoms with E-state index in [0.717, 1.165) is 29.8 Å². The molecule has 2 aromatic rings. The molecule has 90 valence electrons. The maximum atomic E-state index is 12.3. The molecule has 3 nitrogen and oxygen atoms in total. The molecule has 0 bridgehead atoms. The molecule has 0 N–H and O–H groups in total. The third-order valence-corrected chi connectivity index (χ3v) is 3.37. The number of benzene rings is 1. The van der Waals surface area contributed by atoms with Crippen LogP contribution in [0.3, 0.4) is 0 Å². The molecule has 1 aromatic carbocycles. The van der Waals surface area contributed by atoms with Gasteiger partial charge in [0.25, 0.3) is 0 Å². The van der Waals surface area contributed by atoms with Gasteiger partial charge in [0.15, 0.2) is 5.58 Å². The van der Waals surface area contributed by atoms with E-state index in [2.05, 4.69) is 10.1 Å². The van der Waals surface area contributed by atoms with Crippen molar-refractivity contribution < 1.29 is 8.91 Å². The largest absolute Gasteiger partial charge is 0.356 e. The molecule has 2 heterocycles. The van der Waals surface area contributed by atoms with Crippen molar-refractivity contribution in [3.05, 3.63) is 28.9 Å². The molecule has 0 aliphatic carbocycles. The van der Waals surface area contributed by atoms with Crippen LogP contribution in [0.25, 0.3) is 11.0 Å². The van der Waals surface area contributed by atoms with E-state index >= 15 is 0 Å². The van der Waals surface area contributed by atoms with Crippen LogP contribution in [-0.4, -0.2) is 29.8 Å². The van der Waals surface area contributed by atoms with E-state index in [1.807, 2.05) is 12.1 Å². The van der Waals surface area contributed by atoms with Crippen LogP contribution in [0.15, 0.2) is 22.7 Å². The van der Waals surface area contributed by atoms with Gasteiger partial charge in [-0.3, -0.25) is 9.29 Å². The zero-order valence-corrected chi connectivity index (χ0v) is 9.95. The Morgan fingerprint density at radius 3 is 3.06 bits per heavy atom. The normalized spacial score (nSPS) is 17.5. The Labute approximate surface area is 103 Å². The van der Waals surface area contributed by atoms with Gasteiger partial charge in [-0.15, -0.1) is 0 Å². The first kappa shape index (κ1) is 11.0. The van der Waals surface area contributed by atoms with Gasteiger partial charge in [0, 0.05) is 36.0 Å². The topological polar surface area (TPSA) is 29.3 Å². The molecule has 0 radical (unpaired) electrons. The van der Waals surface area contributed by atoms with Crippen LogP contribution in [-0.2, 0) is 6.54 Å². The zero-order valence-electron chi connectivity index (χ0n) is 9.20. The van der Waals surface area contributed by atoms with Crippen molar-refractivity contribution in [1.82, 2.24) is 10.1 Å². The maximum absolute atomic E-state index is 12.3. The van der Waals surface area contributed by atoms with E-state index in [1.165, 1.54) is 0 Å². The van der Waals surface area contributed by atoms with Crippen molar-refractivity contribution in [2.24, 2.45) is 5.92 Å². The fourth-order valence-corrected chi connectivity index (χ4v) is 2.36. The highest BCUT2D eigenvalue weighted by Gasteiger charge is 2.27. The third-order valence-electron chi connectivity index (χ3n) is 3.13. The first-order valence-electron chi connectivity index (χ1n) is 5.58. The Balaban J connectivity index is 1.79. The van der Waals surface area contributed by atoms with Gasteiger partial charge in [-0.2, -0.15) is 0 Å². The molecule has 1 aliphatic rings. The molecule has 0 atom stereocenters. The van der Waals surface area contributed by atoms with Crippen molar-refractivity contribution in [2.75, 3.05) is 19.8 Å². The van der Waals surface area contributed by atoms with Crippen LogP contribution < -0.4 is 0 Å². The minimum absolute atomic E-state index is 0.191. The van der Waals surface area contributed by atoms with Crippen molar-refractivity contribution in [2.45, 2.75) is 6.54 Å². The second-order valence-corrected chi connectivity index (χ2v) is 4.92. The number of rotatable bonds is 3. The highest BCUT2D eigenvalue weighted by atomic mass is 35.5. The standard InChI is InChI=1S/C12H12ClFN2O/c13-9-1-2-12-10(3-9)11(15-17-12)7-16-5-8(4-14)6-16/h1-3,8H,4-7H2. The molecule has 0 unspecified atom stereocenters. The quantitative estimate of drug-likeness (QED) is 0.844. The summed E-state index contributed by atoms with van der Waals surface area (Å²) < 4.78 is 17.5. The molecule has 1 aliphatic heterocycles. The summed E-state index contributed by atoms with van der Waals surface area (Å²) in [6.45, 7) is 2.06. The van der Waals surface area contributed by atoms with Crippen molar-refractivity contribution in [3.8, 4) is 0 Å². The lowest BCUT2D eigenvalue weighted by atomic mass is 10.0. The Morgan fingerprint density at radius 1 is 1.47 bits per heavy atom. The van der Waals surface area contributed by atoms with Gasteiger partial charge in [-0.05, 0) is 18.2 Å².